The van der Waals surface area contributed by atoms with E-state index >= 15 is 0 Å². The number of carboxylic acid groups (broad SMARTS) is 1. The maximum atomic E-state index is 13.1. The van der Waals surface area contributed by atoms with Gasteiger partial charge in [-0.25, -0.2) is 19.6 Å². The lowest BCUT2D eigenvalue weighted by atomic mass is 10.2. The van der Waals surface area contributed by atoms with Crippen LogP contribution in [0.2, 0.25) is 0 Å². The van der Waals surface area contributed by atoms with E-state index in [0.717, 1.165) is 11.1 Å². The first-order valence-electron chi connectivity index (χ1n) is 21.6. The van der Waals surface area contributed by atoms with Crippen molar-refractivity contribution in [2.24, 2.45) is 0 Å². The molecule has 0 atom stereocenters. The number of hydrogen-bond donors (Lipinski definition) is 7. The molecule has 6 aromatic rings. The van der Waals surface area contributed by atoms with Crippen LogP contribution in [0.25, 0.3) is 22.3 Å². The average Bonchev–Trinajstić information content (AvgIpc) is 3.91. The van der Waals surface area contributed by atoms with Crippen LogP contribution < -0.4 is 32.7 Å². The molecular weight excluding hydrogens is 913 g/mol. The minimum absolute atomic E-state index is 0.0272. The molecule has 0 aliphatic rings. The van der Waals surface area contributed by atoms with Gasteiger partial charge < -0.3 is 60.4 Å². The number of anilines is 4. The SMILES string of the molecule is CNCCN(CC(=O)O)C(=O)Cn1cnc2c(NC(=O)OCc3ccccc3)nc(N)nc21.CNCCN(CC(=O)OC(C)(C)C)C(=O)Cn1cnc2c(NC(=O)OCc3ccccc3)nc(N)nc21. The molecule has 9 N–H and O–H groups in total. The number of nitrogens with two attached hydrogens (primary N) is 2. The number of rotatable bonds is 20. The van der Waals surface area contributed by atoms with Crippen LogP contribution in [0.3, 0.4) is 0 Å². The monoisotopic (exact) mass is 968 g/mol. The van der Waals surface area contributed by atoms with Crippen molar-refractivity contribution in [1.29, 1.82) is 0 Å². The molecule has 372 valence electrons. The quantitative estimate of drug-likeness (QED) is 0.0424. The maximum absolute atomic E-state index is 13.1. The molecule has 0 fully saturated rings. The van der Waals surface area contributed by atoms with Gasteiger partial charge in [0, 0.05) is 26.2 Å². The van der Waals surface area contributed by atoms with Gasteiger partial charge in [-0.2, -0.15) is 19.9 Å². The average molecular weight is 969 g/mol. The Morgan fingerprint density at radius 2 is 1.06 bits per heavy atom. The predicted octanol–water partition coefficient (Wildman–Crippen LogP) is 1.84. The highest BCUT2D eigenvalue weighted by molar-refractivity contribution is 5.95. The van der Waals surface area contributed by atoms with Gasteiger partial charge in [0.15, 0.2) is 34.0 Å². The molecule has 4 heterocycles. The second-order valence-electron chi connectivity index (χ2n) is 16.1. The van der Waals surface area contributed by atoms with Gasteiger partial charge in [-0.05, 0) is 46.0 Å². The number of carboxylic acids is 1. The Kier molecular flexibility index (Phi) is 18.7. The van der Waals surface area contributed by atoms with Crippen LogP contribution in [0.1, 0.15) is 31.9 Å². The Balaban J connectivity index is 0.000000262. The van der Waals surface area contributed by atoms with Gasteiger partial charge in [0.25, 0.3) is 0 Å². The van der Waals surface area contributed by atoms with Crippen molar-refractivity contribution in [2.45, 2.75) is 52.7 Å². The van der Waals surface area contributed by atoms with Crippen molar-refractivity contribution in [3.05, 3.63) is 84.4 Å². The molecule has 0 aliphatic heterocycles. The number of likely N-dealkylation sites (N-methyl/N-ethyl adjacent to an activating group) is 2. The number of amides is 4. The number of nitrogens with one attached hydrogen (secondary N) is 4. The molecule has 0 radical (unpaired) electrons. The van der Waals surface area contributed by atoms with E-state index in [4.69, 9.17) is 30.8 Å². The minimum Gasteiger partial charge on any atom is -0.480 e. The Morgan fingerprint density at radius 1 is 0.643 bits per heavy atom. The summed E-state index contributed by atoms with van der Waals surface area (Å²) in [7, 11) is 3.45. The predicted molar refractivity (Wildman–Crippen MR) is 254 cm³/mol. The second kappa shape index (κ2) is 25.0. The Morgan fingerprint density at radius 3 is 1.44 bits per heavy atom. The Hall–Kier alpha value is -8.52. The number of benzene rings is 2. The number of aromatic nitrogens is 8. The number of nitrogens with zero attached hydrogens (tertiary/aromatic N) is 10. The fourth-order valence-corrected chi connectivity index (χ4v) is 6.30. The van der Waals surface area contributed by atoms with Gasteiger partial charge in [-0.3, -0.25) is 29.8 Å². The van der Waals surface area contributed by atoms with E-state index < -0.39 is 42.2 Å². The summed E-state index contributed by atoms with van der Waals surface area (Å²) in [4.78, 5) is 101. The molecule has 0 bridgehead atoms. The number of ether oxygens (including phenoxy) is 3. The minimum atomic E-state index is -1.12. The van der Waals surface area contributed by atoms with Crippen molar-refractivity contribution in [3.8, 4) is 0 Å². The molecule has 4 aromatic heterocycles. The summed E-state index contributed by atoms with van der Waals surface area (Å²) in [6, 6.07) is 18.3. The molecule has 4 amide bonds. The molecule has 0 unspecified atom stereocenters. The van der Waals surface area contributed by atoms with Crippen LogP contribution in [0.5, 0.6) is 0 Å². The van der Waals surface area contributed by atoms with Crippen molar-refractivity contribution >= 4 is 81.8 Å². The third kappa shape index (κ3) is 16.1. The lowest BCUT2D eigenvalue weighted by Gasteiger charge is -2.25. The third-order valence-electron chi connectivity index (χ3n) is 9.47. The fourth-order valence-electron chi connectivity index (χ4n) is 6.30. The van der Waals surface area contributed by atoms with Gasteiger partial charge in [0.2, 0.25) is 23.7 Å². The second-order valence-corrected chi connectivity index (χ2v) is 16.1. The zero-order valence-corrected chi connectivity index (χ0v) is 39.2. The van der Waals surface area contributed by atoms with Crippen LogP contribution in [-0.4, -0.2) is 149 Å². The number of imidazole rings is 2. The topological polar surface area (TPSA) is 344 Å². The normalized spacial score (nSPS) is 11.0. The largest absolute Gasteiger partial charge is 0.480 e. The summed E-state index contributed by atoms with van der Waals surface area (Å²) < 4.78 is 18.7. The first kappa shape index (κ1) is 52.4. The zero-order valence-electron chi connectivity index (χ0n) is 39.2. The summed E-state index contributed by atoms with van der Waals surface area (Å²) in [5.41, 5.74) is 13.5. The number of carbonyl (C=O) groups excluding carboxylic acids is 5. The summed E-state index contributed by atoms with van der Waals surface area (Å²) >= 11 is 0. The van der Waals surface area contributed by atoms with Crippen molar-refractivity contribution in [1.82, 2.24) is 59.5 Å². The number of aliphatic carboxylic acids is 1. The Labute approximate surface area is 401 Å². The molecule has 70 heavy (non-hydrogen) atoms. The van der Waals surface area contributed by atoms with E-state index in [-0.39, 0.29) is 91.2 Å². The van der Waals surface area contributed by atoms with E-state index in [1.807, 2.05) is 60.7 Å². The van der Waals surface area contributed by atoms with E-state index in [9.17, 15) is 28.8 Å². The molecule has 0 saturated carbocycles. The molecule has 2 aromatic carbocycles. The summed E-state index contributed by atoms with van der Waals surface area (Å²) in [5, 5.41) is 19.9. The molecule has 0 aliphatic carbocycles. The van der Waals surface area contributed by atoms with Crippen LogP contribution in [0.15, 0.2) is 73.3 Å². The third-order valence-corrected chi connectivity index (χ3v) is 9.47. The standard InChI is InChI=1S/C24H32N8O5.C20H24N8O5/c1-24(2,3)37-18(34)13-31(11-10-26-4)17(33)12-32-15-27-19-20(28-22(25)30-21(19)32)29-23(35)36-14-16-8-6-5-7-9-16;1-22-7-8-27(10-15(30)31)14(29)9-28-12-23-16-17(24-19(21)26-18(16)28)25-20(32)33-11-13-5-3-2-4-6-13/h5-9,15,26H,10-14H2,1-4H3,(H3,25,28,29,30,35);2-6,12,22H,7-11H2,1H3,(H,30,31)(H3,21,24,25,26,32). The van der Waals surface area contributed by atoms with Gasteiger partial charge in [-0.15, -0.1) is 0 Å². The van der Waals surface area contributed by atoms with Crippen LogP contribution in [0.4, 0.5) is 33.1 Å². The van der Waals surface area contributed by atoms with Crippen LogP contribution >= 0.6 is 0 Å². The maximum Gasteiger partial charge on any atom is 0.413 e. The van der Waals surface area contributed by atoms with E-state index in [1.165, 1.54) is 31.6 Å². The zero-order chi connectivity index (χ0) is 50.8. The summed E-state index contributed by atoms with van der Waals surface area (Å²) in [5.74, 6) is -2.63. The van der Waals surface area contributed by atoms with E-state index in [0.29, 0.717) is 19.6 Å². The number of esters is 1. The number of hydrogen-bond acceptors (Lipinski definition) is 19. The van der Waals surface area contributed by atoms with Gasteiger partial charge in [0.05, 0.1) is 12.7 Å². The highest BCUT2D eigenvalue weighted by atomic mass is 16.6. The molecule has 6 rings (SSSR count). The van der Waals surface area contributed by atoms with Crippen molar-refractivity contribution in [2.75, 3.05) is 75.5 Å². The molecule has 0 saturated heterocycles. The van der Waals surface area contributed by atoms with Crippen LogP contribution in [-0.2, 0) is 59.7 Å². The smallest absolute Gasteiger partial charge is 0.413 e. The highest BCUT2D eigenvalue weighted by Crippen LogP contribution is 2.22. The summed E-state index contributed by atoms with van der Waals surface area (Å²) in [6.45, 7) is 5.78. The lowest BCUT2D eigenvalue weighted by Crippen LogP contribution is -2.43. The van der Waals surface area contributed by atoms with Crippen LogP contribution in [0, 0.1) is 0 Å². The molecular formula is C44H56N16O10. The van der Waals surface area contributed by atoms with Crippen molar-refractivity contribution < 1.29 is 48.1 Å². The molecule has 26 heteroatoms. The molecule has 26 nitrogen and oxygen atoms in total. The number of nitrogen functional groups attached to an aromatic ring is 2. The first-order valence-corrected chi connectivity index (χ1v) is 21.6. The van der Waals surface area contributed by atoms with E-state index in [1.54, 1.807) is 34.9 Å². The van der Waals surface area contributed by atoms with Crippen molar-refractivity contribution in [3.63, 3.8) is 0 Å². The van der Waals surface area contributed by atoms with Gasteiger partial charge in [-0.1, -0.05) is 60.7 Å². The first-order chi connectivity index (χ1) is 33.4. The fraction of sp³-hybridized carbons (Fsp3) is 0.364. The number of carbonyl (C=O) groups is 6. The van der Waals surface area contributed by atoms with Gasteiger partial charge >= 0.3 is 24.1 Å². The summed E-state index contributed by atoms with van der Waals surface area (Å²) in [6.07, 6.45) is 1.22. The van der Waals surface area contributed by atoms with Gasteiger partial charge in [0.1, 0.15) is 45.0 Å². The lowest BCUT2D eigenvalue weighted by molar-refractivity contribution is -0.159. The number of fused-ring (bicyclic) bond motifs is 2. The van der Waals surface area contributed by atoms with E-state index in [2.05, 4.69) is 51.2 Å². The molecule has 0 spiro atoms. The Bertz CT molecular complexity index is 2750. The highest BCUT2D eigenvalue weighted by Gasteiger charge is 2.25.